The molecule has 1 aromatic heterocycles. The lowest BCUT2D eigenvalue weighted by molar-refractivity contribution is 0.491. The van der Waals surface area contributed by atoms with E-state index in [4.69, 9.17) is 0 Å². The Hall–Kier alpha value is -2.23. The lowest BCUT2D eigenvalue weighted by Crippen LogP contribution is -2.02. The van der Waals surface area contributed by atoms with Crippen molar-refractivity contribution in [2.45, 2.75) is 6.54 Å². The van der Waals surface area contributed by atoms with Gasteiger partial charge in [-0.15, -0.1) is 0 Å². The maximum atomic E-state index is 13.7. The van der Waals surface area contributed by atoms with Gasteiger partial charge in [0.1, 0.15) is 5.82 Å². The summed E-state index contributed by atoms with van der Waals surface area (Å²) in [4.78, 5) is 3.85. The standard InChI is InChI=1S/C14H10F2N2/c15-11-7-5-10(6-8-11)9-18-13-4-2-1-3-12(13)17-14(18)16/h1-8H,9H2. The first-order valence-corrected chi connectivity index (χ1v) is 5.59. The van der Waals surface area contributed by atoms with Gasteiger partial charge in [-0.25, -0.2) is 9.37 Å². The van der Waals surface area contributed by atoms with Crippen molar-refractivity contribution < 1.29 is 8.78 Å². The lowest BCUT2D eigenvalue weighted by atomic mass is 10.2. The number of hydrogen-bond donors (Lipinski definition) is 0. The van der Waals surface area contributed by atoms with E-state index in [9.17, 15) is 8.78 Å². The van der Waals surface area contributed by atoms with Crippen LogP contribution in [0, 0.1) is 11.9 Å². The molecule has 18 heavy (non-hydrogen) atoms. The van der Waals surface area contributed by atoms with E-state index in [0.29, 0.717) is 12.1 Å². The summed E-state index contributed by atoms with van der Waals surface area (Å²) in [6.07, 6.45) is -0.527. The highest BCUT2D eigenvalue weighted by Gasteiger charge is 2.09. The first-order chi connectivity index (χ1) is 8.74. The molecule has 0 saturated heterocycles. The predicted molar refractivity (Wildman–Crippen MR) is 65.2 cm³/mol. The van der Waals surface area contributed by atoms with Crippen molar-refractivity contribution in [3.05, 3.63) is 66.0 Å². The fraction of sp³-hybridized carbons (Fsp3) is 0.0714. The minimum Gasteiger partial charge on any atom is -0.296 e. The molecule has 0 aliphatic heterocycles. The number of halogens is 2. The molecule has 0 amide bonds. The van der Waals surface area contributed by atoms with Crippen molar-refractivity contribution in [2.24, 2.45) is 0 Å². The van der Waals surface area contributed by atoms with E-state index < -0.39 is 6.08 Å². The lowest BCUT2D eigenvalue weighted by Gasteiger charge is -2.05. The topological polar surface area (TPSA) is 17.8 Å². The van der Waals surface area contributed by atoms with Crippen LogP contribution in [0.3, 0.4) is 0 Å². The number of fused-ring (bicyclic) bond motifs is 1. The number of hydrogen-bond acceptors (Lipinski definition) is 1. The molecule has 0 radical (unpaired) electrons. The molecule has 0 N–H and O–H groups in total. The molecule has 0 spiro atoms. The van der Waals surface area contributed by atoms with E-state index in [1.165, 1.54) is 16.7 Å². The van der Waals surface area contributed by atoms with Gasteiger partial charge in [0.05, 0.1) is 17.6 Å². The molecule has 2 aromatic carbocycles. The third-order valence-electron chi connectivity index (χ3n) is 2.86. The smallest absolute Gasteiger partial charge is 0.290 e. The van der Waals surface area contributed by atoms with E-state index in [0.717, 1.165) is 11.1 Å². The highest BCUT2D eigenvalue weighted by Crippen LogP contribution is 2.17. The Morgan fingerprint density at radius 3 is 2.44 bits per heavy atom. The van der Waals surface area contributed by atoms with E-state index >= 15 is 0 Å². The zero-order chi connectivity index (χ0) is 12.5. The van der Waals surface area contributed by atoms with Gasteiger partial charge in [0.15, 0.2) is 0 Å². The van der Waals surface area contributed by atoms with Gasteiger partial charge in [-0.1, -0.05) is 24.3 Å². The molecule has 4 heteroatoms. The molecule has 2 nitrogen and oxygen atoms in total. The molecule has 90 valence electrons. The SMILES string of the molecule is Fc1ccc(Cn2c(F)nc3ccccc32)cc1. The maximum Gasteiger partial charge on any atom is 0.290 e. The second-order valence-electron chi connectivity index (χ2n) is 4.08. The summed E-state index contributed by atoms with van der Waals surface area (Å²) in [5, 5.41) is 0. The largest absolute Gasteiger partial charge is 0.296 e. The van der Waals surface area contributed by atoms with Crippen LogP contribution in [0.4, 0.5) is 8.78 Å². The van der Waals surface area contributed by atoms with E-state index in [-0.39, 0.29) is 5.82 Å². The molecular formula is C14H10F2N2. The third kappa shape index (κ3) is 1.86. The molecule has 0 aliphatic rings. The number of para-hydroxylation sites is 2. The number of imidazole rings is 1. The van der Waals surface area contributed by atoms with Crippen LogP contribution in [0.1, 0.15) is 5.56 Å². The molecule has 1 heterocycles. The van der Waals surface area contributed by atoms with Crippen molar-refractivity contribution in [3.8, 4) is 0 Å². The summed E-state index contributed by atoms with van der Waals surface area (Å²) in [6.45, 7) is 0.340. The molecule has 3 aromatic rings. The average Bonchev–Trinajstić information content (AvgIpc) is 2.69. The van der Waals surface area contributed by atoms with Gasteiger partial charge in [-0.2, -0.15) is 4.39 Å². The molecule has 0 saturated carbocycles. The minimum atomic E-state index is -0.527. The van der Waals surface area contributed by atoms with Crippen molar-refractivity contribution >= 4 is 11.0 Å². The molecular weight excluding hydrogens is 234 g/mol. The summed E-state index contributed by atoms with van der Waals surface area (Å²) in [6, 6.07) is 13.3. The summed E-state index contributed by atoms with van der Waals surface area (Å²) in [5.41, 5.74) is 2.19. The third-order valence-corrected chi connectivity index (χ3v) is 2.86. The maximum absolute atomic E-state index is 13.7. The molecule has 0 atom stereocenters. The highest BCUT2D eigenvalue weighted by molar-refractivity contribution is 5.75. The Kier molecular flexibility index (Phi) is 2.55. The highest BCUT2D eigenvalue weighted by atomic mass is 19.1. The molecule has 3 rings (SSSR count). The van der Waals surface area contributed by atoms with Gasteiger partial charge in [-0.3, -0.25) is 4.57 Å². The molecule has 0 aliphatic carbocycles. The fourth-order valence-corrected chi connectivity index (χ4v) is 1.97. The van der Waals surface area contributed by atoms with Gasteiger partial charge in [0, 0.05) is 0 Å². The van der Waals surface area contributed by atoms with Crippen LogP contribution in [0.5, 0.6) is 0 Å². The second kappa shape index (κ2) is 4.22. The Bertz CT molecular complexity index is 687. The van der Waals surface area contributed by atoms with Gasteiger partial charge in [-0.05, 0) is 29.8 Å². The zero-order valence-corrected chi connectivity index (χ0v) is 9.48. The Labute approximate surface area is 103 Å². The van der Waals surface area contributed by atoms with Crippen LogP contribution in [0.2, 0.25) is 0 Å². The number of aromatic nitrogens is 2. The average molecular weight is 244 g/mol. The Morgan fingerprint density at radius 2 is 1.67 bits per heavy atom. The molecule has 0 unspecified atom stereocenters. The van der Waals surface area contributed by atoms with E-state index in [1.54, 1.807) is 18.2 Å². The van der Waals surface area contributed by atoms with Crippen LogP contribution >= 0.6 is 0 Å². The van der Waals surface area contributed by atoms with Crippen molar-refractivity contribution in [1.29, 1.82) is 0 Å². The minimum absolute atomic E-state index is 0.297. The summed E-state index contributed by atoms with van der Waals surface area (Å²) in [7, 11) is 0. The fourth-order valence-electron chi connectivity index (χ4n) is 1.97. The second-order valence-corrected chi connectivity index (χ2v) is 4.08. The predicted octanol–water partition coefficient (Wildman–Crippen LogP) is 3.36. The van der Waals surface area contributed by atoms with E-state index in [1.807, 2.05) is 18.2 Å². The number of nitrogens with zero attached hydrogens (tertiary/aromatic N) is 2. The van der Waals surface area contributed by atoms with Crippen LogP contribution in [0.15, 0.2) is 48.5 Å². The Morgan fingerprint density at radius 1 is 0.944 bits per heavy atom. The van der Waals surface area contributed by atoms with Crippen molar-refractivity contribution in [2.75, 3.05) is 0 Å². The van der Waals surface area contributed by atoms with Crippen molar-refractivity contribution in [3.63, 3.8) is 0 Å². The van der Waals surface area contributed by atoms with Gasteiger partial charge in [0.2, 0.25) is 0 Å². The zero-order valence-electron chi connectivity index (χ0n) is 9.48. The number of rotatable bonds is 2. The summed E-state index contributed by atoms with van der Waals surface area (Å²) in [5.74, 6) is -0.297. The quantitative estimate of drug-likeness (QED) is 0.675. The normalized spacial score (nSPS) is 11.0. The number of benzene rings is 2. The van der Waals surface area contributed by atoms with E-state index in [2.05, 4.69) is 4.98 Å². The summed E-state index contributed by atoms with van der Waals surface area (Å²) >= 11 is 0. The molecule has 0 bridgehead atoms. The van der Waals surface area contributed by atoms with Gasteiger partial charge >= 0.3 is 0 Å². The summed E-state index contributed by atoms with van der Waals surface area (Å²) < 4.78 is 28.0. The van der Waals surface area contributed by atoms with Crippen molar-refractivity contribution in [1.82, 2.24) is 9.55 Å². The van der Waals surface area contributed by atoms with Crippen LogP contribution in [-0.4, -0.2) is 9.55 Å². The van der Waals surface area contributed by atoms with Crippen LogP contribution in [0.25, 0.3) is 11.0 Å². The van der Waals surface area contributed by atoms with Crippen LogP contribution in [-0.2, 0) is 6.54 Å². The monoisotopic (exact) mass is 244 g/mol. The first-order valence-electron chi connectivity index (χ1n) is 5.59. The van der Waals surface area contributed by atoms with Gasteiger partial charge < -0.3 is 0 Å². The first kappa shape index (κ1) is 10.9. The van der Waals surface area contributed by atoms with Crippen LogP contribution < -0.4 is 0 Å². The Balaban J connectivity index is 2.04. The van der Waals surface area contributed by atoms with Gasteiger partial charge in [0.25, 0.3) is 6.08 Å². The molecule has 0 fully saturated rings.